The molecular weight excluding hydrogens is 336 g/mol. The van der Waals surface area contributed by atoms with Crippen molar-refractivity contribution in [2.75, 3.05) is 5.32 Å². The summed E-state index contributed by atoms with van der Waals surface area (Å²) in [5.41, 5.74) is 1.67. The van der Waals surface area contributed by atoms with E-state index >= 15 is 0 Å². The van der Waals surface area contributed by atoms with Gasteiger partial charge in [-0.1, -0.05) is 39.7 Å². The van der Waals surface area contributed by atoms with Crippen LogP contribution in [0.4, 0.5) is 14.5 Å². The van der Waals surface area contributed by atoms with Gasteiger partial charge in [0.1, 0.15) is 17.3 Å². The lowest BCUT2D eigenvalue weighted by Crippen LogP contribution is -2.04. The van der Waals surface area contributed by atoms with E-state index in [4.69, 9.17) is 11.6 Å². The number of hydrogen-bond donors (Lipinski definition) is 1. The molecule has 0 aliphatic heterocycles. The van der Waals surface area contributed by atoms with Gasteiger partial charge in [-0.3, -0.25) is 0 Å². The molecule has 0 aromatic heterocycles. The SMILES string of the molecule is Cc1ccc(CNc2c(F)cc(Br)cc2F)c(Cl)c1. The van der Waals surface area contributed by atoms with Crippen molar-refractivity contribution < 1.29 is 8.78 Å². The van der Waals surface area contributed by atoms with Crippen molar-refractivity contribution in [3.8, 4) is 0 Å². The van der Waals surface area contributed by atoms with Gasteiger partial charge in [0.15, 0.2) is 0 Å². The Morgan fingerprint density at radius 2 is 1.79 bits per heavy atom. The Labute approximate surface area is 123 Å². The van der Waals surface area contributed by atoms with E-state index in [2.05, 4.69) is 21.2 Å². The molecule has 0 spiro atoms. The van der Waals surface area contributed by atoms with Gasteiger partial charge in [-0.25, -0.2) is 8.78 Å². The minimum atomic E-state index is -0.643. The molecule has 5 heteroatoms. The average molecular weight is 347 g/mol. The predicted molar refractivity (Wildman–Crippen MR) is 77.6 cm³/mol. The summed E-state index contributed by atoms with van der Waals surface area (Å²) in [6, 6.07) is 7.97. The standard InChI is InChI=1S/C14H11BrClF2N/c1-8-2-3-9(11(16)4-8)7-19-14-12(17)5-10(15)6-13(14)18/h2-6,19H,7H2,1H3. The Bertz CT molecular complexity index is 593. The van der Waals surface area contributed by atoms with Crippen LogP contribution in [0.5, 0.6) is 0 Å². The maximum atomic E-state index is 13.6. The number of aryl methyl sites for hydroxylation is 1. The number of anilines is 1. The normalized spacial score (nSPS) is 10.6. The van der Waals surface area contributed by atoms with Crippen LogP contribution < -0.4 is 5.32 Å². The fraction of sp³-hybridized carbons (Fsp3) is 0.143. The van der Waals surface area contributed by atoms with Crippen LogP contribution in [0.1, 0.15) is 11.1 Å². The second kappa shape index (κ2) is 5.88. The molecule has 0 aliphatic rings. The molecule has 0 aliphatic carbocycles. The fourth-order valence-corrected chi connectivity index (χ4v) is 2.39. The molecule has 100 valence electrons. The molecule has 1 N–H and O–H groups in total. The monoisotopic (exact) mass is 345 g/mol. The lowest BCUT2D eigenvalue weighted by molar-refractivity contribution is 0.586. The lowest BCUT2D eigenvalue weighted by atomic mass is 10.1. The quantitative estimate of drug-likeness (QED) is 0.795. The topological polar surface area (TPSA) is 12.0 Å². The third-order valence-corrected chi connectivity index (χ3v) is 3.48. The summed E-state index contributed by atoms with van der Waals surface area (Å²) in [6.07, 6.45) is 0. The smallest absolute Gasteiger partial charge is 0.150 e. The molecule has 0 unspecified atom stereocenters. The lowest BCUT2D eigenvalue weighted by Gasteiger charge is -2.11. The van der Waals surface area contributed by atoms with Crippen LogP contribution in [-0.2, 0) is 6.54 Å². The fourth-order valence-electron chi connectivity index (χ4n) is 1.69. The molecule has 0 atom stereocenters. The van der Waals surface area contributed by atoms with Gasteiger partial charge in [-0.05, 0) is 36.2 Å². The zero-order valence-electron chi connectivity index (χ0n) is 10.1. The number of nitrogens with one attached hydrogen (secondary N) is 1. The van der Waals surface area contributed by atoms with Crippen LogP contribution in [0.25, 0.3) is 0 Å². The zero-order valence-corrected chi connectivity index (χ0v) is 12.4. The van der Waals surface area contributed by atoms with E-state index in [1.165, 1.54) is 12.1 Å². The van der Waals surface area contributed by atoms with E-state index in [9.17, 15) is 8.78 Å². The van der Waals surface area contributed by atoms with Gasteiger partial charge in [0, 0.05) is 16.0 Å². The molecule has 0 bridgehead atoms. The van der Waals surface area contributed by atoms with Gasteiger partial charge in [0.2, 0.25) is 0 Å². The van der Waals surface area contributed by atoms with Gasteiger partial charge in [0.25, 0.3) is 0 Å². The van der Waals surface area contributed by atoms with Crippen molar-refractivity contribution in [2.24, 2.45) is 0 Å². The largest absolute Gasteiger partial charge is 0.376 e. The first-order chi connectivity index (χ1) is 8.97. The van der Waals surface area contributed by atoms with Crippen LogP contribution in [0, 0.1) is 18.6 Å². The molecule has 19 heavy (non-hydrogen) atoms. The summed E-state index contributed by atoms with van der Waals surface area (Å²) in [4.78, 5) is 0. The van der Waals surface area contributed by atoms with Crippen molar-refractivity contribution in [2.45, 2.75) is 13.5 Å². The number of hydrogen-bond acceptors (Lipinski definition) is 1. The number of benzene rings is 2. The minimum Gasteiger partial charge on any atom is -0.376 e. The summed E-state index contributed by atoms with van der Waals surface area (Å²) >= 11 is 9.10. The second-order valence-electron chi connectivity index (χ2n) is 4.19. The maximum absolute atomic E-state index is 13.6. The molecule has 0 saturated heterocycles. The van der Waals surface area contributed by atoms with E-state index in [0.717, 1.165) is 11.1 Å². The van der Waals surface area contributed by atoms with Gasteiger partial charge in [-0.15, -0.1) is 0 Å². The number of halogens is 4. The highest BCUT2D eigenvalue weighted by atomic mass is 79.9. The molecule has 2 rings (SSSR count). The first kappa shape index (κ1) is 14.3. The van der Waals surface area contributed by atoms with Gasteiger partial charge < -0.3 is 5.32 Å². The Morgan fingerprint density at radius 1 is 1.16 bits per heavy atom. The highest BCUT2D eigenvalue weighted by molar-refractivity contribution is 9.10. The Morgan fingerprint density at radius 3 is 2.37 bits per heavy atom. The Kier molecular flexibility index (Phi) is 4.42. The number of rotatable bonds is 3. The summed E-state index contributed by atoms with van der Waals surface area (Å²) in [7, 11) is 0. The van der Waals surface area contributed by atoms with Crippen LogP contribution in [0.15, 0.2) is 34.8 Å². The Hall–Kier alpha value is -1.13. The first-order valence-electron chi connectivity index (χ1n) is 5.61. The third kappa shape index (κ3) is 3.45. The van der Waals surface area contributed by atoms with E-state index in [1.54, 1.807) is 0 Å². The highest BCUT2D eigenvalue weighted by Crippen LogP contribution is 2.25. The van der Waals surface area contributed by atoms with Gasteiger partial charge >= 0.3 is 0 Å². The summed E-state index contributed by atoms with van der Waals surface area (Å²) in [6.45, 7) is 2.19. The van der Waals surface area contributed by atoms with Crippen molar-refractivity contribution in [1.29, 1.82) is 0 Å². The molecular formula is C14H11BrClF2N. The van der Waals surface area contributed by atoms with Crippen molar-refractivity contribution >= 4 is 33.2 Å². The van der Waals surface area contributed by atoms with Crippen molar-refractivity contribution in [3.05, 3.63) is 62.6 Å². The second-order valence-corrected chi connectivity index (χ2v) is 5.52. The molecule has 0 amide bonds. The highest BCUT2D eigenvalue weighted by Gasteiger charge is 2.10. The van der Waals surface area contributed by atoms with Crippen LogP contribution in [0.2, 0.25) is 5.02 Å². The van der Waals surface area contributed by atoms with E-state index < -0.39 is 11.6 Å². The van der Waals surface area contributed by atoms with Crippen molar-refractivity contribution in [1.82, 2.24) is 0 Å². The van der Waals surface area contributed by atoms with Gasteiger partial charge in [0.05, 0.1) is 0 Å². The van der Waals surface area contributed by atoms with E-state index in [1.807, 2.05) is 25.1 Å². The summed E-state index contributed by atoms with van der Waals surface area (Å²) in [5, 5.41) is 3.30. The van der Waals surface area contributed by atoms with E-state index in [-0.39, 0.29) is 12.2 Å². The molecule has 1 nitrogen and oxygen atoms in total. The van der Waals surface area contributed by atoms with Gasteiger partial charge in [-0.2, -0.15) is 0 Å². The molecule has 0 radical (unpaired) electrons. The zero-order chi connectivity index (χ0) is 14.0. The van der Waals surface area contributed by atoms with Crippen LogP contribution >= 0.6 is 27.5 Å². The van der Waals surface area contributed by atoms with Crippen LogP contribution in [0.3, 0.4) is 0 Å². The van der Waals surface area contributed by atoms with E-state index in [0.29, 0.717) is 9.50 Å². The minimum absolute atomic E-state index is 0.153. The molecule has 0 heterocycles. The molecule has 0 fully saturated rings. The molecule has 2 aromatic rings. The first-order valence-corrected chi connectivity index (χ1v) is 6.78. The third-order valence-electron chi connectivity index (χ3n) is 2.67. The molecule has 2 aromatic carbocycles. The molecule has 0 saturated carbocycles. The summed E-state index contributed by atoms with van der Waals surface area (Å²) in [5.74, 6) is -1.29. The van der Waals surface area contributed by atoms with Crippen molar-refractivity contribution in [3.63, 3.8) is 0 Å². The van der Waals surface area contributed by atoms with Crippen LogP contribution in [-0.4, -0.2) is 0 Å². The summed E-state index contributed by atoms with van der Waals surface area (Å²) < 4.78 is 27.6. The predicted octanol–water partition coefficient (Wildman–Crippen LogP) is 5.30. The Balaban J connectivity index is 2.19. The maximum Gasteiger partial charge on any atom is 0.150 e. The average Bonchev–Trinajstić information content (AvgIpc) is 2.30.